The second-order valence-corrected chi connectivity index (χ2v) is 6.17. The lowest BCUT2D eigenvalue weighted by atomic mass is 10.1. The van der Waals surface area contributed by atoms with Crippen LogP contribution in [0.3, 0.4) is 0 Å². The van der Waals surface area contributed by atoms with Crippen LogP contribution < -0.4 is 14.8 Å². The Hall–Kier alpha value is -3.80. The molecule has 4 aromatic rings. The number of rotatable bonds is 5. The molecule has 0 saturated carbocycles. The summed E-state index contributed by atoms with van der Waals surface area (Å²) in [5.41, 5.74) is 4.08. The predicted octanol–water partition coefficient (Wildman–Crippen LogP) is 4.30. The van der Waals surface area contributed by atoms with Gasteiger partial charge in [-0.05, 0) is 48.5 Å². The highest BCUT2D eigenvalue weighted by Crippen LogP contribution is 2.30. The fourth-order valence-corrected chi connectivity index (χ4v) is 3.06. The van der Waals surface area contributed by atoms with E-state index in [-0.39, 0.29) is 5.91 Å². The van der Waals surface area contributed by atoms with Gasteiger partial charge in [0.15, 0.2) is 11.5 Å². The van der Waals surface area contributed by atoms with Crippen LogP contribution in [-0.4, -0.2) is 29.7 Å². The molecule has 1 N–H and O–H groups in total. The minimum Gasteiger partial charge on any atom is -0.493 e. The number of carbonyl (C=O) groups excluding carboxylic acids is 1. The summed E-state index contributed by atoms with van der Waals surface area (Å²) in [5.74, 6) is 0.967. The molecule has 0 aliphatic carbocycles. The number of para-hydroxylation sites is 2. The third kappa shape index (κ3) is 3.27. The molecular formula is C22H19N3O3. The van der Waals surface area contributed by atoms with E-state index in [1.54, 1.807) is 50.9 Å². The number of hydrogen-bond donors (Lipinski definition) is 1. The first-order chi connectivity index (χ1) is 13.7. The zero-order valence-corrected chi connectivity index (χ0v) is 15.5. The lowest BCUT2D eigenvalue weighted by Crippen LogP contribution is -2.12. The maximum Gasteiger partial charge on any atom is 0.255 e. The average Bonchev–Trinajstić information content (AvgIpc) is 3.18. The molecule has 0 fully saturated rings. The van der Waals surface area contributed by atoms with Crippen LogP contribution in [0.15, 0.2) is 73.1 Å². The molecular weight excluding hydrogens is 354 g/mol. The van der Waals surface area contributed by atoms with Crippen molar-refractivity contribution in [2.24, 2.45) is 0 Å². The molecule has 0 aliphatic rings. The Balaban J connectivity index is 1.55. The first-order valence-electron chi connectivity index (χ1n) is 8.75. The van der Waals surface area contributed by atoms with Crippen LogP contribution in [0, 0.1) is 0 Å². The number of benzene rings is 3. The fourth-order valence-electron chi connectivity index (χ4n) is 3.06. The molecule has 6 heteroatoms. The number of hydrogen-bond acceptors (Lipinski definition) is 4. The van der Waals surface area contributed by atoms with E-state index in [9.17, 15) is 4.79 Å². The van der Waals surface area contributed by atoms with E-state index in [0.29, 0.717) is 22.7 Å². The van der Waals surface area contributed by atoms with Crippen molar-refractivity contribution in [3.8, 4) is 17.2 Å². The van der Waals surface area contributed by atoms with Gasteiger partial charge in [0.05, 0.1) is 25.3 Å². The number of nitrogens with zero attached hydrogens (tertiary/aromatic N) is 2. The normalized spacial score (nSPS) is 10.6. The monoisotopic (exact) mass is 373 g/mol. The van der Waals surface area contributed by atoms with Crippen molar-refractivity contribution >= 4 is 22.6 Å². The smallest absolute Gasteiger partial charge is 0.255 e. The van der Waals surface area contributed by atoms with Crippen molar-refractivity contribution in [2.45, 2.75) is 0 Å². The number of imidazole rings is 1. The molecule has 0 saturated heterocycles. The molecule has 0 atom stereocenters. The number of methoxy groups -OCH3 is 2. The quantitative estimate of drug-likeness (QED) is 0.567. The van der Waals surface area contributed by atoms with E-state index >= 15 is 0 Å². The first-order valence-corrected chi connectivity index (χ1v) is 8.75. The summed E-state index contributed by atoms with van der Waals surface area (Å²) in [6.07, 6.45) is 1.78. The highest BCUT2D eigenvalue weighted by atomic mass is 16.5. The number of carbonyl (C=O) groups is 1. The number of aromatic nitrogens is 2. The van der Waals surface area contributed by atoms with Gasteiger partial charge < -0.3 is 14.8 Å². The Labute approximate surface area is 162 Å². The van der Waals surface area contributed by atoms with Gasteiger partial charge >= 0.3 is 0 Å². The zero-order chi connectivity index (χ0) is 19.5. The van der Waals surface area contributed by atoms with E-state index in [1.807, 2.05) is 41.0 Å². The van der Waals surface area contributed by atoms with Crippen LogP contribution in [0.2, 0.25) is 0 Å². The van der Waals surface area contributed by atoms with Gasteiger partial charge in [-0.25, -0.2) is 4.98 Å². The van der Waals surface area contributed by atoms with Crippen LogP contribution in [-0.2, 0) is 0 Å². The molecule has 1 heterocycles. The lowest BCUT2D eigenvalue weighted by molar-refractivity contribution is 0.102. The van der Waals surface area contributed by atoms with E-state index < -0.39 is 0 Å². The summed E-state index contributed by atoms with van der Waals surface area (Å²) in [6.45, 7) is 0. The van der Waals surface area contributed by atoms with Crippen LogP contribution in [0.25, 0.3) is 16.7 Å². The van der Waals surface area contributed by atoms with Gasteiger partial charge in [-0.15, -0.1) is 0 Å². The molecule has 1 aromatic heterocycles. The molecule has 4 rings (SSSR count). The molecule has 140 valence electrons. The van der Waals surface area contributed by atoms with Crippen molar-refractivity contribution in [2.75, 3.05) is 19.5 Å². The predicted molar refractivity (Wildman–Crippen MR) is 109 cm³/mol. The number of anilines is 1. The molecule has 3 aromatic carbocycles. The molecule has 6 nitrogen and oxygen atoms in total. The number of ether oxygens (including phenoxy) is 2. The van der Waals surface area contributed by atoms with Gasteiger partial charge in [0.25, 0.3) is 5.91 Å². The highest BCUT2D eigenvalue weighted by Gasteiger charge is 2.10. The average molecular weight is 373 g/mol. The highest BCUT2D eigenvalue weighted by molar-refractivity contribution is 6.04. The fraction of sp³-hybridized carbons (Fsp3) is 0.0909. The van der Waals surface area contributed by atoms with E-state index in [2.05, 4.69) is 10.3 Å². The largest absolute Gasteiger partial charge is 0.493 e. The Morgan fingerprint density at radius 1 is 0.929 bits per heavy atom. The molecule has 0 aliphatic heterocycles. The summed E-state index contributed by atoms with van der Waals surface area (Å²) in [7, 11) is 3.13. The molecule has 0 bridgehead atoms. The Morgan fingerprint density at radius 3 is 2.43 bits per heavy atom. The Kier molecular flexibility index (Phi) is 4.68. The molecule has 0 spiro atoms. The topological polar surface area (TPSA) is 65.4 Å². The molecule has 1 amide bonds. The minimum absolute atomic E-state index is 0.200. The van der Waals surface area contributed by atoms with Gasteiger partial charge in [-0.2, -0.15) is 0 Å². The minimum atomic E-state index is -0.200. The van der Waals surface area contributed by atoms with Gasteiger partial charge in [0.1, 0.15) is 6.33 Å². The third-order valence-electron chi connectivity index (χ3n) is 4.50. The van der Waals surface area contributed by atoms with Crippen molar-refractivity contribution < 1.29 is 14.3 Å². The summed E-state index contributed by atoms with van der Waals surface area (Å²) in [4.78, 5) is 17.0. The number of nitrogens with one attached hydrogen (secondary N) is 1. The van der Waals surface area contributed by atoms with Gasteiger partial charge in [-0.3, -0.25) is 9.36 Å². The third-order valence-corrected chi connectivity index (χ3v) is 4.50. The Bertz CT molecular complexity index is 1130. The van der Waals surface area contributed by atoms with Gasteiger partial charge in [0.2, 0.25) is 0 Å². The maximum atomic E-state index is 12.6. The maximum absolute atomic E-state index is 12.6. The van der Waals surface area contributed by atoms with Crippen LogP contribution in [0.5, 0.6) is 11.5 Å². The van der Waals surface area contributed by atoms with E-state index in [0.717, 1.165) is 16.7 Å². The van der Waals surface area contributed by atoms with Crippen molar-refractivity contribution in [3.05, 3.63) is 78.6 Å². The summed E-state index contributed by atoms with van der Waals surface area (Å²) in [5, 5.41) is 2.87. The van der Waals surface area contributed by atoms with Gasteiger partial charge in [-0.1, -0.05) is 12.1 Å². The summed E-state index contributed by atoms with van der Waals surface area (Å²) in [6, 6.07) is 20.6. The standard InChI is InChI=1S/C22H19N3O3/c1-27-20-12-9-16(13-21(20)28-2)24-22(26)15-7-10-17(11-8-15)25-14-23-18-5-3-4-6-19(18)25/h3-14H,1-2H3,(H,24,26). The SMILES string of the molecule is COc1ccc(NC(=O)c2ccc(-n3cnc4ccccc43)cc2)cc1OC. The summed E-state index contributed by atoms with van der Waals surface area (Å²) >= 11 is 0. The second kappa shape index (κ2) is 7.44. The molecule has 0 radical (unpaired) electrons. The van der Waals surface area contributed by atoms with Crippen LogP contribution in [0.1, 0.15) is 10.4 Å². The zero-order valence-electron chi connectivity index (χ0n) is 15.5. The van der Waals surface area contributed by atoms with Crippen molar-refractivity contribution in [3.63, 3.8) is 0 Å². The number of fused-ring (bicyclic) bond motifs is 1. The lowest BCUT2D eigenvalue weighted by Gasteiger charge is -2.11. The second-order valence-electron chi connectivity index (χ2n) is 6.17. The number of amides is 1. The molecule has 0 unspecified atom stereocenters. The first kappa shape index (κ1) is 17.6. The van der Waals surface area contributed by atoms with Crippen LogP contribution >= 0.6 is 0 Å². The molecule has 28 heavy (non-hydrogen) atoms. The van der Waals surface area contributed by atoms with E-state index in [4.69, 9.17) is 9.47 Å². The van der Waals surface area contributed by atoms with Crippen LogP contribution in [0.4, 0.5) is 5.69 Å². The summed E-state index contributed by atoms with van der Waals surface area (Å²) < 4.78 is 12.5. The van der Waals surface area contributed by atoms with Crippen molar-refractivity contribution in [1.82, 2.24) is 9.55 Å². The van der Waals surface area contributed by atoms with E-state index in [1.165, 1.54) is 0 Å². The van der Waals surface area contributed by atoms with Gasteiger partial charge in [0, 0.05) is 23.0 Å². The Morgan fingerprint density at radius 2 is 1.68 bits per heavy atom. The van der Waals surface area contributed by atoms with Crippen molar-refractivity contribution in [1.29, 1.82) is 0 Å².